The van der Waals surface area contributed by atoms with Gasteiger partial charge in [0.25, 0.3) is 0 Å². The molecular weight excluding hydrogens is 234 g/mol. The number of rotatable bonds is 1. The molecule has 0 amide bonds. The van der Waals surface area contributed by atoms with Gasteiger partial charge in [-0.2, -0.15) is 0 Å². The van der Waals surface area contributed by atoms with Crippen molar-refractivity contribution in [1.29, 1.82) is 0 Å². The van der Waals surface area contributed by atoms with Crippen molar-refractivity contribution in [1.82, 2.24) is 4.98 Å². The molecule has 1 aromatic heterocycles. The number of aromatic nitrogens is 1. The fraction of sp³-hybridized carbons (Fsp3) is 0.412. The van der Waals surface area contributed by atoms with E-state index in [4.69, 9.17) is 4.98 Å². The standard InChI is InChI=1S/C17H19NO/c1-10-8-14-16(9-11(10)2)18-15-7-5-4-6-13(15)17(14)12(3)19/h8-9H,4-7H2,1-3H3. The molecule has 0 spiro atoms. The van der Waals surface area contributed by atoms with Crippen LogP contribution in [0.25, 0.3) is 10.9 Å². The van der Waals surface area contributed by atoms with E-state index in [9.17, 15) is 4.79 Å². The summed E-state index contributed by atoms with van der Waals surface area (Å²) >= 11 is 0. The van der Waals surface area contributed by atoms with E-state index >= 15 is 0 Å². The highest BCUT2D eigenvalue weighted by atomic mass is 16.1. The zero-order valence-electron chi connectivity index (χ0n) is 11.8. The molecule has 0 saturated heterocycles. The molecule has 0 saturated carbocycles. The van der Waals surface area contributed by atoms with E-state index in [1.54, 1.807) is 6.92 Å². The Morgan fingerprint density at radius 3 is 2.53 bits per heavy atom. The summed E-state index contributed by atoms with van der Waals surface area (Å²) in [6.45, 7) is 5.88. The first-order valence-electron chi connectivity index (χ1n) is 7.01. The summed E-state index contributed by atoms with van der Waals surface area (Å²) in [5.74, 6) is 0.175. The van der Waals surface area contributed by atoms with Crippen LogP contribution in [0, 0.1) is 13.8 Å². The number of nitrogens with zero attached hydrogens (tertiary/aromatic N) is 1. The molecule has 19 heavy (non-hydrogen) atoms. The lowest BCUT2D eigenvalue weighted by atomic mass is 9.87. The van der Waals surface area contributed by atoms with Gasteiger partial charge in [0.2, 0.25) is 0 Å². The van der Waals surface area contributed by atoms with E-state index in [-0.39, 0.29) is 5.78 Å². The normalized spacial score (nSPS) is 14.5. The minimum atomic E-state index is 0.175. The maximum atomic E-state index is 12.1. The van der Waals surface area contributed by atoms with Gasteiger partial charge in [-0.25, -0.2) is 0 Å². The Hall–Kier alpha value is -1.70. The summed E-state index contributed by atoms with van der Waals surface area (Å²) < 4.78 is 0. The van der Waals surface area contributed by atoms with E-state index in [2.05, 4.69) is 26.0 Å². The molecule has 0 atom stereocenters. The lowest BCUT2D eigenvalue weighted by molar-refractivity contribution is 0.101. The molecule has 1 aliphatic carbocycles. The molecular formula is C17H19NO. The SMILES string of the molecule is CC(=O)c1c2c(nc3cc(C)c(C)cc13)CCCC2. The minimum absolute atomic E-state index is 0.175. The van der Waals surface area contributed by atoms with Crippen LogP contribution in [0.3, 0.4) is 0 Å². The van der Waals surface area contributed by atoms with Gasteiger partial charge in [0, 0.05) is 16.6 Å². The molecule has 1 heterocycles. The largest absolute Gasteiger partial charge is 0.294 e. The van der Waals surface area contributed by atoms with Gasteiger partial charge in [-0.1, -0.05) is 0 Å². The second kappa shape index (κ2) is 4.44. The maximum Gasteiger partial charge on any atom is 0.160 e. The van der Waals surface area contributed by atoms with E-state index < -0.39 is 0 Å². The number of aryl methyl sites for hydroxylation is 3. The average molecular weight is 253 g/mol. The van der Waals surface area contributed by atoms with Crippen molar-refractivity contribution in [3.8, 4) is 0 Å². The van der Waals surface area contributed by atoms with Crippen LogP contribution < -0.4 is 0 Å². The smallest absolute Gasteiger partial charge is 0.160 e. The summed E-state index contributed by atoms with van der Waals surface area (Å²) in [4.78, 5) is 16.9. The molecule has 0 radical (unpaired) electrons. The van der Waals surface area contributed by atoms with E-state index in [1.807, 2.05) is 0 Å². The highest BCUT2D eigenvalue weighted by Gasteiger charge is 2.20. The highest BCUT2D eigenvalue weighted by Crippen LogP contribution is 2.30. The van der Waals surface area contributed by atoms with Gasteiger partial charge in [0.05, 0.1) is 5.52 Å². The topological polar surface area (TPSA) is 30.0 Å². The van der Waals surface area contributed by atoms with Gasteiger partial charge >= 0.3 is 0 Å². The second-order valence-corrected chi connectivity index (χ2v) is 5.63. The zero-order valence-corrected chi connectivity index (χ0v) is 11.8. The number of Topliss-reactive ketones (excluding diaryl/α,β-unsaturated/α-hetero) is 1. The third kappa shape index (κ3) is 1.95. The van der Waals surface area contributed by atoms with Crippen molar-refractivity contribution in [3.05, 3.63) is 40.1 Å². The Morgan fingerprint density at radius 2 is 1.79 bits per heavy atom. The van der Waals surface area contributed by atoms with Crippen LogP contribution >= 0.6 is 0 Å². The number of hydrogen-bond acceptors (Lipinski definition) is 2. The predicted octanol–water partition coefficient (Wildman–Crippen LogP) is 3.93. The van der Waals surface area contributed by atoms with Crippen LogP contribution in [0.1, 0.15) is 52.5 Å². The van der Waals surface area contributed by atoms with Crippen molar-refractivity contribution >= 4 is 16.7 Å². The molecule has 0 aliphatic heterocycles. The second-order valence-electron chi connectivity index (χ2n) is 5.63. The molecule has 2 nitrogen and oxygen atoms in total. The summed E-state index contributed by atoms with van der Waals surface area (Å²) in [6.07, 6.45) is 4.37. The van der Waals surface area contributed by atoms with Crippen LogP contribution in [0.15, 0.2) is 12.1 Å². The molecule has 0 unspecified atom stereocenters. The van der Waals surface area contributed by atoms with Crippen LogP contribution in [0.2, 0.25) is 0 Å². The Labute approximate surface area is 113 Å². The summed E-state index contributed by atoms with van der Waals surface area (Å²) in [5.41, 5.74) is 6.72. The van der Waals surface area contributed by atoms with Gasteiger partial charge in [-0.3, -0.25) is 9.78 Å². The van der Waals surface area contributed by atoms with Gasteiger partial charge in [-0.05, 0) is 75.3 Å². The Balaban J connectivity index is 2.42. The average Bonchev–Trinajstić information content (AvgIpc) is 2.37. The molecule has 1 aliphatic rings. The van der Waals surface area contributed by atoms with Crippen molar-refractivity contribution < 1.29 is 4.79 Å². The maximum absolute atomic E-state index is 12.1. The van der Waals surface area contributed by atoms with E-state index in [0.717, 1.165) is 35.0 Å². The molecule has 98 valence electrons. The Morgan fingerprint density at radius 1 is 1.11 bits per heavy atom. The monoisotopic (exact) mass is 253 g/mol. The van der Waals surface area contributed by atoms with Crippen molar-refractivity contribution in [3.63, 3.8) is 0 Å². The first kappa shape index (κ1) is 12.3. The number of pyridine rings is 1. The third-order valence-corrected chi connectivity index (χ3v) is 4.23. The molecule has 0 N–H and O–H groups in total. The predicted molar refractivity (Wildman–Crippen MR) is 77.9 cm³/mol. The molecule has 2 aromatic rings. The van der Waals surface area contributed by atoms with Crippen molar-refractivity contribution in [2.45, 2.75) is 46.5 Å². The van der Waals surface area contributed by atoms with Gasteiger partial charge in [0.15, 0.2) is 5.78 Å². The Kier molecular flexibility index (Phi) is 2.89. The Bertz CT molecular complexity index is 685. The first-order chi connectivity index (χ1) is 9.08. The van der Waals surface area contributed by atoms with Crippen LogP contribution in [0.4, 0.5) is 0 Å². The molecule has 2 heteroatoms. The fourth-order valence-electron chi connectivity index (χ4n) is 3.09. The van der Waals surface area contributed by atoms with Crippen LogP contribution in [-0.2, 0) is 12.8 Å². The van der Waals surface area contributed by atoms with Gasteiger partial charge in [-0.15, -0.1) is 0 Å². The summed E-state index contributed by atoms with van der Waals surface area (Å²) in [5, 5.41) is 1.04. The molecule has 1 aromatic carbocycles. The zero-order chi connectivity index (χ0) is 13.6. The lowest BCUT2D eigenvalue weighted by Gasteiger charge is -2.20. The number of ketones is 1. The number of carbonyl (C=O) groups is 1. The quantitative estimate of drug-likeness (QED) is 0.721. The van der Waals surface area contributed by atoms with Crippen LogP contribution in [-0.4, -0.2) is 10.8 Å². The van der Waals surface area contributed by atoms with Crippen LogP contribution in [0.5, 0.6) is 0 Å². The highest BCUT2D eigenvalue weighted by molar-refractivity contribution is 6.08. The number of fused-ring (bicyclic) bond motifs is 2. The summed E-state index contributed by atoms with van der Waals surface area (Å²) in [6, 6.07) is 4.25. The third-order valence-electron chi connectivity index (χ3n) is 4.23. The first-order valence-corrected chi connectivity index (χ1v) is 7.01. The van der Waals surface area contributed by atoms with Gasteiger partial charge < -0.3 is 0 Å². The number of hydrogen-bond donors (Lipinski definition) is 0. The molecule has 0 bridgehead atoms. The number of carbonyl (C=O) groups excluding carboxylic acids is 1. The van der Waals surface area contributed by atoms with Crippen molar-refractivity contribution in [2.24, 2.45) is 0 Å². The molecule has 3 rings (SSSR count). The van der Waals surface area contributed by atoms with E-state index in [1.165, 1.54) is 29.5 Å². The molecule has 0 fully saturated rings. The minimum Gasteiger partial charge on any atom is -0.294 e. The number of benzene rings is 1. The van der Waals surface area contributed by atoms with Crippen molar-refractivity contribution in [2.75, 3.05) is 0 Å². The van der Waals surface area contributed by atoms with E-state index in [0.29, 0.717) is 0 Å². The van der Waals surface area contributed by atoms with Gasteiger partial charge in [0.1, 0.15) is 0 Å². The summed E-state index contributed by atoms with van der Waals surface area (Å²) in [7, 11) is 0. The lowest BCUT2D eigenvalue weighted by Crippen LogP contribution is -2.12. The fourth-order valence-corrected chi connectivity index (χ4v) is 3.09.